The number of nitrogens with zero attached hydrogens (tertiary/aromatic N) is 1. The highest BCUT2D eigenvalue weighted by Gasteiger charge is 2.55. The van der Waals surface area contributed by atoms with Crippen molar-refractivity contribution in [2.45, 2.75) is 55.3 Å². The maximum Gasteiger partial charge on any atom is 0.234 e. The zero-order valence-electron chi connectivity index (χ0n) is 13.8. The second kappa shape index (κ2) is 6.03. The second-order valence-electron chi connectivity index (χ2n) is 6.73. The van der Waals surface area contributed by atoms with Crippen molar-refractivity contribution in [1.29, 1.82) is 0 Å². The Labute approximate surface area is 146 Å². The van der Waals surface area contributed by atoms with Crippen LogP contribution in [0.5, 0.6) is 5.75 Å². The predicted octanol–water partition coefficient (Wildman–Crippen LogP) is 3.63. The van der Waals surface area contributed by atoms with Gasteiger partial charge in [0.2, 0.25) is 5.91 Å². The highest BCUT2D eigenvalue weighted by Crippen LogP contribution is 2.49. The minimum absolute atomic E-state index is 0.418. The number of rotatable bonds is 4. The SMILES string of the molecule is CCCC1(N2CCC3c4cc(OC)ccc4CC(Br)C32)OCO1. The average Bonchev–Trinajstić information content (AvgIpc) is 2.97. The zero-order chi connectivity index (χ0) is 16.0. The molecule has 3 unspecified atom stereocenters. The van der Waals surface area contributed by atoms with E-state index in [1.165, 1.54) is 11.1 Å². The molecule has 1 aliphatic carbocycles. The van der Waals surface area contributed by atoms with Gasteiger partial charge in [-0.2, -0.15) is 0 Å². The van der Waals surface area contributed by atoms with Crippen molar-refractivity contribution in [3.8, 4) is 5.75 Å². The zero-order valence-corrected chi connectivity index (χ0v) is 15.3. The lowest BCUT2D eigenvalue weighted by molar-refractivity contribution is -0.459. The molecule has 0 amide bonds. The lowest BCUT2D eigenvalue weighted by atomic mass is 9.79. The number of methoxy groups -OCH3 is 1. The van der Waals surface area contributed by atoms with Crippen LogP contribution in [-0.2, 0) is 15.9 Å². The van der Waals surface area contributed by atoms with Gasteiger partial charge in [0.15, 0.2) is 6.79 Å². The van der Waals surface area contributed by atoms with E-state index in [-0.39, 0.29) is 0 Å². The summed E-state index contributed by atoms with van der Waals surface area (Å²) in [5.41, 5.74) is 2.88. The first-order valence-electron chi connectivity index (χ1n) is 8.54. The number of fused-ring (bicyclic) bond motifs is 3. The van der Waals surface area contributed by atoms with Crippen molar-refractivity contribution in [2.24, 2.45) is 0 Å². The van der Waals surface area contributed by atoms with E-state index in [4.69, 9.17) is 14.2 Å². The molecular weight excluding hydrogens is 358 g/mol. The summed E-state index contributed by atoms with van der Waals surface area (Å²) in [6, 6.07) is 6.94. The number of hydrogen-bond donors (Lipinski definition) is 0. The molecule has 3 aliphatic rings. The van der Waals surface area contributed by atoms with Crippen LogP contribution in [0.3, 0.4) is 0 Å². The minimum Gasteiger partial charge on any atom is -0.497 e. The predicted molar refractivity (Wildman–Crippen MR) is 91.9 cm³/mol. The van der Waals surface area contributed by atoms with Crippen molar-refractivity contribution in [2.75, 3.05) is 20.4 Å². The van der Waals surface area contributed by atoms with Gasteiger partial charge in [-0.3, -0.25) is 0 Å². The summed E-state index contributed by atoms with van der Waals surface area (Å²) in [5.74, 6) is 0.976. The molecule has 2 fully saturated rings. The summed E-state index contributed by atoms with van der Waals surface area (Å²) in [4.78, 5) is 2.89. The van der Waals surface area contributed by atoms with E-state index in [2.05, 4.69) is 46.0 Å². The van der Waals surface area contributed by atoms with Gasteiger partial charge in [0.05, 0.1) is 7.11 Å². The summed E-state index contributed by atoms with van der Waals surface area (Å²) in [7, 11) is 1.74. The topological polar surface area (TPSA) is 30.9 Å². The second-order valence-corrected chi connectivity index (χ2v) is 7.91. The number of halogens is 1. The van der Waals surface area contributed by atoms with Crippen molar-refractivity contribution in [1.82, 2.24) is 4.90 Å². The number of likely N-dealkylation sites (tertiary alicyclic amines) is 1. The largest absolute Gasteiger partial charge is 0.497 e. The molecule has 5 heteroatoms. The molecule has 4 rings (SSSR count). The lowest BCUT2D eigenvalue weighted by Crippen LogP contribution is -2.63. The molecule has 0 saturated carbocycles. The molecule has 0 radical (unpaired) electrons. The third-order valence-electron chi connectivity index (χ3n) is 5.56. The number of alkyl halides is 1. The molecule has 23 heavy (non-hydrogen) atoms. The molecular formula is C18H24BrNO3. The van der Waals surface area contributed by atoms with Crippen LogP contribution < -0.4 is 4.74 Å². The van der Waals surface area contributed by atoms with Crippen LogP contribution in [0.1, 0.15) is 43.2 Å². The van der Waals surface area contributed by atoms with Crippen molar-refractivity contribution in [3.63, 3.8) is 0 Å². The summed E-state index contributed by atoms with van der Waals surface area (Å²) in [6.07, 6.45) is 4.18. The molecule has 4 nitrogen and oxygen atoms in total. The van der Waals surface area contributed by atoms with E-state index in [1.54, 1.807) is 7.11 Å². The van der Waals surface area contributed by atoms with Crippen LogP contribution in [0.15, 0.2) is 18.2 Å². The highest BCUT2D eigenvalue weighted by atomic mass is 79.9. The summed E-state index contributed by atoms with van der Waals surface area (Å²) >= 11 is 3.95. The summed E-state index contributed by atoms with van der Waals surface area (Å²) < 4.78 is 17.3. The molecule has 1 aromatic rings. The van der Waals surface area contributed by atoms with E-state index < -0.39 is 5.91 Å². The Hall–Kier alpha value is -0.620. The number of ether oxygens (including phenoxy) is 3. The Balaban J connectivity index is 1.67. The fraction of sp³-hybridized carbons (Fsp3) is 0.667. The lowest BCUT2D eigenvalue weighted by Gasteiger charge is -2.51. The fourth-order valence-electron chi connectivity index (χ4n) is 4.53. The molecule has 0 bridgehead atoms. The maximum absolute atomic E-state index is 5.93. The van der Waals surface area contributed by atoms with Gasteiger partial charge in [0, 0.05) is 29.8 Å². The first-order chi connectivity index (χ1) is 11.2. The van der Waals surface area contributed by atoms with E-state index in [9.17, 15) is 0 Å². The van der Waals surface area contributed by atoms with Crippen molar-refractivity contribution in [3.05, 3.63) is 29.3 Å². The Morgan fingerprint density at radius 3 is 2.87 bits per heavy atom. The normalized spacial score (nSPS) is 32.0. The molecule has 0 N–H and O–H groups in total. The molecule has 3 atom stereocenters. The summed E-state index contributed by atoms with van der Waals surface area (Å²) in [6.45, 7) is 3.63. The Bertz CT molecular complexity index is 590. The minimum atomic E-state index is -0.490. The highest BCUT2D eigenvalue weighted by molar-refractivity contribution is 9.09. The van der Waals surface area contributed by atoms with Gasteiger partial charge in [-0.25, -0.2) is 4.90 Å². The van der Waals surface area contributed by atoms with Gasteiger partial charge in [-0.15, -0.1) is 0 Å². The van der Waals surface area contributed by atoms with Gasteiger partial charge >= 0.3 is 0 Å². The van der Waals surface area contributed by atoms with Crippen LogP contribution in [0, 0.1) is 0 Å². The van der Waals surface area contributed by atoms with Gasteiger partial charge in [0.25, 0.3) is 0 Å². The molecule has 2 saturated heterocycles. The van der Waals surface area contributed by atoms with E-state index in [0.29, 0.717) is 23.6 Å². The van der Waals surface area contributed by atoms with Gasteiger partial charge in [-0.05, 0) is 42.5 Å². The first-order valence-corrected chi connectivity index (χ1v) is 9.45. The molecule has 2 aliphatic heterocycles. The van der Waals surface area contributed by atoms with Crippen LogP contribution in [-0.4, -0.2) is 42.1 Å². The fourth-order valence-corrected chi connectivity index (χ4v) is 5.53. The Morgan fingerprint density at radius 1 is 1.39 bits per heavy atom. The average molecular weight is 382 g/mol. The third-order valence-corrected chi connectivity index (χ3v) is 6.43. The van der Waals surface area contributed by atoms with E-state index >= 15 is 0 Å². The molecule has 2 heterocycles. The molecule has 0 aromatic heterocycles. The molecule has 126 valence electrons. The molecule has 1 aromatic carbocycles. The van der Waals surface area contributed by atoms with Crippen molar-refractivity contribution >= 4 is 15.9 Å². The van der Waals surface area contributed by atoms with Crippen LogP contribution in [0.4, 0.5) is 0 Å². The number of benzene rings is 1. The van der Waals surface area contributed by atoms with Gasteiger partial charge in [-0.1, -0.05) is 28.9 Å². The van der Waals surface area contributed by atoms with Crippen LogP contribution >= 0.6 is 15.9 Å². The number of hydrogen-bond acceptors (Lipinski definition) is 4. The van der Waals surface area contributed by atoms with Crippen molar-refractivity contribution < 1.29 is 14.2 Å². The standard InChI is InChI=1S/C18H24BrNO3/c1-3-7-18(22-11-23-18)20-8-6-14-15-10-13(21-2)5-4-12(15)9-16(19)17(14)20/h4-5,10,14,16-17H,3,6-9,11H2,1-2H3. The monoisotopic (exact) mass is 381 g/mol. The van der Waals surface area contributed by atoms with E-state index in [1.807, 2.05) is 0 Å². The smallest absolute Gasteiger partial charge is 0.234 e. The maximum atomic E-state index is 5.93. The summed E-state index contributed by atoms with van der Waals surface area (Å²) in [5, 5.41) is 0. The molecule has 0 spiro atoms. The third kappa shape index (κ3) is 2.44. The first kappa shape index (κ1) is 15.9. The quantitative estimate of drug-likeness (QED) is 0.745. The van der Waals surface area contributed by atoms with E-state index in [0.717, 1.165) is 38.0 Å². The van der Waals surface area contributed by atoms with Crippen LogP contribution in [0.25, 0.3) is 0 Å². The van der Waals surface area contributed by atoms with Crippen LogP contribution in [0.2, 0.25) is 0 Å². The Kier molecular flexibility index (Phi) is 4.16. The van der Waals surface area contributed by atoms with Gasteiger partial charge < -0.3 is 14.2 Å². The Morgan fingerprint density at radius 2 is 2.22 bits per heavy atom. The van der Waals surface area contributed by atoms with Gasteiger partial charge in [0.1, 0.15) is 5.75 Å².